The molecule has 0 spiro atoms. The summed E-state index contributed by atoms with van der Waals surface area (Å²) in [6.45, 7) is 0. The van der Waals surface area contributed by atoms with Gasteiger partial charge in [0.1, 0.15) is 0 Å². The van der Waals surface area contributed by atoms with Crippen molar-refractivity contribution in [2.24, 2.45) is 7.05 Å². The van der Waals surface area contributed by atoms with E-state index in [2.05, 4.69) is 10.1 Å². The summed E-state index contributed by atoms with van der Waals surface area (Å²) in [5.41, 5.74) is -1.87. The Labute approximate surface area is 121 Å². The van der Waals surface area contributed by atoms with E-state index >= 15 is 0 Å². The van der Waals surface area contributed by atoms with Crippen molar-refractivity contribution in [3.8, 4) is 0 Å². The molecule has 20 heavy (non-hydrogen) atoms. The molecule has 0 aliphatic heterocycles. The monoisotopic (exact) mass is 313 g/mol. The van der Waals surface area contributed by atoms with Crippen molar-refractivity contribution in [2.45, 2.75) is 10.1 Å². The van der Waals surface area contributed by atoms with Crippen LogP contribution in [-0.2, 0) is 7.05 Å². The number of halogens is 1. The highest BCUT2D eigenvalue weighted by Crippen LogP contribution is 2.31. The summed E-state index contributed by atoms with van der Waals surface area (Å²) in [4.78, 5) is 37.4. The van der Waals surface area contributed by atoms with Crippen LogP contribution in [0.1, 0.15) is 10.4 Å². The number of carbonyl (C=O) groups is 1. The summed E-state index contributed by atoms with van der Waals surface area (Å²) in [6.07, 6.45) is 0. The molecule has 2 aromatic rings. The summed E-state index contributed by atoms with van der Waals surface area (Å²) in [5.74, 6) is -1.19. The number of hydrogen-bond acceptors (Lipinski definition) is 5. The van der Waals surface area contributed by atoms with E-state index in [0.29, 0.717) is 4.90 Å². The lowest BCUT2D eigenvalue weighted by molar-refractivity contribution is 0.0693. The topological polar surface area (TPSA) is 105 Å². The van der Waals surface area contributed by atoms with Gasteiger partial charge in [-0.2, -0.15) is 4.98 Å². The number of rotatable bonds is 3. The molecule has 1 aromatic carbocycles. The first-order valence-corrected chi connectivity index (χ1v) is 6.46. The van der Waals surface area contributed by atoms with Gasteiger partial charge in [-0.3, -0.25) is 19.4 Å². The Hall–Kier alpha value is -2.06. The number of nitrogens with one attached hydrogen (secondary N) is 1. The highest BCUT2D eigenvalue weighted by atomic mass is 35.5. The maximum absolute atomic E-state index is 11.2. The highest BCUT2D eigenvalue weighted by molar-refractivity contribution is 7.99. The number of aromatic carboxylic acids is 1. The second-order valence-corrected chi connectivity index (χ2v) is 5.14. The van der Waals surface area contributed by atoms with Gasteiger partial charge < -0.3 is 5.11 Å². The molecule has 0 saturated heterocycles. The van der Waals surface area contributed by atoms with E-state index in [1.165, 1.54) is 23.9 Å². The molecular formula is C11H8ClN3O4S. The van der Waals surface area contributed by atoms with Crippen LogP contribution >= 0.6 is 23.4 Å². The molecule has 0 unspecified atom stereocenters. The SMILES string of the molecule is Cn1[nH]c(=O)c(=O)nc1Sc1cccc(Cl)c1C(=O)O. The average Bonchev–Trinajstić information content (AvgIpc) is 2.35. The van der Waals surface area contributed by atoms with Crippen molar-refractivity contribution in [3.63, 3.8) is 0 Å². The van der Waals surface area contributed by atoms with Crippen molar-refractivity contribution < 1.29 is 9.90 Å². The molecule has 0 aliphatic carbocycles. The second-order valence-electron chi connectivity index (χ2n) is 3.72. The van der Waals surface area contributed by atoms with Crippen LogP contribution in [0.3, 0.4) is 0 Å². The molecule has 1 heterocycles. The number of aromatic nitrogens is 3. The third-order valence-corrected chi connectivity index (χ3v) is 3.76. The first kappa shape index (κ1) is 14.4. The molecule has 9 heteroatoms. The molecule has 0 aliphatic rings. The fourth-order valence-corrected chi connectivity index (χ4v) is 2.71. The fraction of sp³-hybridized carbons (Fsp3) is 0.0909. The Bertz CT molecular complexity index is 799. The van der Waals surface area contributed by atoms with Gasteiger partial charge in [-0.1, -0.05) is 17.7 Å². The number of nitrogens with zero attached hydrogens (tertiary/aromatic N) is 2. The number of carboxylic acid groups (broad SMARTS) is 1. The van der Waals surface area contributed by atoms with Gasteiger partial charge in [0.25, 0.3) is 0 Å². The van der Waals surface area contributed by atoms with Gasteiger partial charge in [0, 0.05) is 11.9 Å². The van der Waals surface area contributed by atoms with Crippen LogP contribution in [0, 0.1) is 0 Å². The molecule has 0 bridgehead atoms. The third-order valence-electron chi connectivity index (χ3n) is 2.34. The first-order valence-electron chi connectivity index (χ1n) is 5.27. The van der Waals surface area contributed by atoms with E-state index in [4.69, 9.17) is 16.7 Å². The lowest BCUT2D eigenvalue weighted by Gasteiger charge is -2.09. The minimum Gasteiger partial charge on any atom is -0.478 e. The maximum atomic E-state index is 11.2. The quantitative estimate of drug-likeness (QED) is 0.818. The zero-order valence-electron chi connectivity index (χ0n) is 10.1. The summed E-state index contributed by atoms with van der Waals surface area (Å²) in [6, 6.07) is 4.58. The Morgan fingerprint density at radius 2 is 2.15 bits per heavy atom. The molecular weight excluding hydrogens is 306 g/mol. The molecule has 104 valence electrons. The summed E-state index contributed by atoms with van der Waals surface area (Å²) < 4.78 is 1.24. The van der Waals surface area contributed by atoms with E-state index in [1.807, 2.05) is 0 Å². The number of benzene rings is 1. The second kappa shape index (κ2) is 5.51. The minimum absolute atomic E-state index is 0.0805. The highest BCUT2D eigenvalue weighted by Gasteiger charge is 2.17. The van der Waals surface area contributed by atoms with Gasteiger partial charge in [-0.15, -0.1) is 0 Å². The van der Waals surface area contributed by atoms with Gasteiger partial charge in [0.2, 0.25) is 0 Å². The largest absolute Gasteiger partial charge is 0.478 e. The van der Waals surface area contributed by atoms with Crippen molar-refractivity contribution in [1.29, 1.82) is 0 Å². The Balaban J connectivity index is 2.54. The number of aryl methyl sites for hydroxylation is 1. The Morgan fingerprint density at radius 3 is 2.80 bits per heavy atom. The molecule has 0 amide bonds. The van der Waals surface area contributed by atoms with E-state index < -0.39 is 17.1 Å². The van der Waals surface area contributed by atoms with Gasteiger partial charge in [0.05, 0.1) is 10.6 Å². The zero-order chi connectivity index (χ0) is 14.9. The summed E-state index contributed by atoms with van der Waals surface area (Å²) in [7, 11) is 1.49. The van der Waals surface area contributed by atoms with Crippen LogP contribution in [0.2, 0.25) is 5.02 Å². The Kier molecular flexibility index (Phi) is 3.96. The smallest absolute Gasteiger partial charge is 0.339 e. The number of aromatic amines is 1. The van der Waals surface area contributed by atoms with E-state index in [1.54, 1.807) is 6.07 Å². The number of H-pyrrole nitrogens is 1. The normalized spacial score (nSPS) is 10.5. The predicted molar refractivity (Wildman–Crippen MR) is 72.6 cm³/mol. The fourth-order valence-electron chi connectivity index (χ4n) is 1.45. The van der Waals surface area contributed by atoms with Gasteiger partial charge >= 0.3 is 17.1 Å². The first-order chi connectivity index (χ1) is 9.40. The molecule has 2 rings (SSSR count). The minimum atomic E-state index is -1.19. The molecule has 0 saturated carbocycles. The molecule has 7 nitrogen and oxygen atoms in total. The lowest BCUT2D eigenvalue weighted by atomic mass is 10.2. The van der Waals surface area contributed by atoms with Crippen LogP contribution in [0.25, 0.3) is 0 Å². The molecule has 1 aromatic heterocycles. The van der Waals surface area contributed by atoms with Crippen LogP contribution in [0.4, 0.5) is 0 Å². The summed E-state index contributed by atoms with van der Waals surface area (Å²) in [5, 5.41) is 11.7. The van der Waals surface area contributed by atoms with E-state index in [0.717, 1.165) is 11.8 Å². The lowest BCUT2D eigenvalue weighted by Crippen LogP contribution is -2.33. The van der Waals surface area contributed by atoms with Gasteiger partial charge in [-0.05, 0) is 23.9 Å². The molecule has 2 N–H and O–H groups in total. The van der Waals surface area contributed by atoms with Crippen molar-refractivity contribution in [3.05, 3.63) is 49.5 Å². The zero-order valence-corrected chi connectivity index (χ0v) is 11.7. The average molecular weight is 314 g/mol. The van der Waals surface area contributed by atoms with Crippen molar-refractivity contribution >= 4 is 29.3 Å². The Morgan fingerprint density at radius 1 is 1.45 bits per heavy atom. The third kappa shape index (κ3) is 2.75. The van der Waals surface area contributed by atoms with E-state index in [-0.39, 0.29) is 15.7 Å². The molecule has 0 fully saturated rings. The van der Waals surface area contributed by atoms with Gasteiger partial charge in [-0.25, -0.2) is 4.79 Å². The number of carboxylic acids is 1. The standard InChI is InChI=1S/C11H8ClN3O4S/c1-15-11(13-8(16)9(17)14-15)20-6-4-2-3-5(12)7(6)10(18)19/h2-4H,1H3,(H,14,17)(H,18,19). The molecule has 0 atom stereocenters. The van der Waals surface area contributed by atoms with E-state index in [9.17, 15) is 14.4 Å². The van der Waals surface area contributed by atoms with Crippen LogP contribution in [-0.4, -0.2) is 25.8 Å². The van der Waals surface area contributed by atoms with Crippen molar-refractivity contribution in [2.75, 3.05) is 0 Å². The van der Waals surface area contributed by atoms with Crippen LogP contribution in [0.5, 0.6) is 0 Å². The number of hydrogen-bond donors (Lipinski definition) is 2. The predicted octanol–water partition coefficient (Wildman–Crippen LogP) is 0.971. The summed E-state index contributed by atoms with van der Waals surface area (Å²) >= 11 is 6.77. The van der Waals surface area contributed by atoms with Gasteiger partial charge in [0.15, 0.2) is 5.16 Å². The molecule has 0 radical (unpaired) electrons. The maximum Gasteiger partial charge on any atom is 0.339 e. The van der Waals surface area contributed by atoms with Crippen LogP contribution < -0.4 is 11.1 Å². The van der Waals surface area contributed by atoms with Crippen molar-refractivity contribution in [1.82, 2.24) is 14.8 Å². The van der Waals surface area contributed by atoms with Crippen LogP contribution in [0.15, 0.2) is 37.8 Å².